The van der Waals surface area contributed by atoms with Crippen LogP contribution in [0.2, 0.25) is 0 Å². The smallest absolute Gasteiger partial charge is 0.247 e. The summed E-state index contributed by atoms with van der Waals surface area (Å²) < 4.78 is 5.25. The van der Waals surface area contributed by atoms with Crippen molar-refractivity contribution in [1.29, 1.82) is 0 Å². The van der Waals surface area contributed by atoms with Gasteiger partial charge in [-0.2, -0.15) is 0 Å². The molecule has 5 heteroatoms. The summed E-state index contributed by atoms with van der Waals surface area (Å²) in [5, 5.41) is 5.08. The maximum Gasteiger partial charge on any atom is 0.247 e. The van der Waals surface area contributed by atoms with Crippen molar-refractivity contribution in [2.24, 2.45) is 0 Å². The Morgan fingerprint density at radius 3 is 1.16 bits per heavy atom. The Morgan fingerprint density at radius 1 is 0.321 bits per heavy atom. The molecular formula is C76H79B2N3. The first-order chi connectivity index (χ1) is 38.2. The topological polar surface area (TPSA) is 13.1 Å². The zero-order chi connectivity index (χ0) is 57.3. The number of hydrogen-bond donors (Lipinski definition) is 0. The summed E-state index contributed by atoms with van der Waals surface area (Å²) in [6.45, 7) is 42.0. The molecule has 0 unspecified atom stereocenters. The molecule has 0 bridgehead atoms. The van der Waals surface area contributed by atoms with Gasteiger partial charge >= 0.3 is 0 Å². The third-order valence-corrected chi connectivity index (χ3v) is 18.6. The molecule has 0 radical (unpaired) electrons. The highest BCUT2D eigenvalue weighted by molar-refractivity contribution is 7.02. The number of fused-ring (bicyclic) bond motifs is 10. The summed E-state index contributed by atoms with van der Waals surface area (Å²) in [5.74, 6) is 0. The second-order valence-electron chi connectivity index (χ2n) is 28.7. The predicted molar refractivity (Wildman–Crippen MR) is 355 cm³/mol. The van der Waals surface area contributed by atoms with Gasteiger partial charge in [0.15, 0.2) is 0 Å². The molecule has 11 aromatic rings. The van der Waals surface area contributed by atoms with Crippen LogP contribution in [-0.2, 0) is 21.7 Å². The van der Waals surface area contributed by atoms with Crippen LogP contribution in [0.3, 0.4) is 0 Å². The van der Waals surface area contributed by atoms with E-state index in [2.05, 4.69) is 290 Å². The largest absolute Gasteiger partial charge is 0.313 e. The Morgan fingerprint density at radius 2 is 0.716 bits per heavy atom. The lowest BCUT2D eigenvalue weighted by atomic mass is 9.29. The van der Waals surface area contributed by atoms with Gasteiger partial charge in [-0.05, 0) is 168 Å². The van der Waals surface area contributed by atoms with Crippen LogP contribution in [0, 0.1) is 41.5 Å². The summed E-state index contributed by atoms with van der Waals surface area (Å²) in [4.78, 5) is 2.69. The Kier molecular flexibility index (Phi) is 11.7. The molecule has 2 aromatic heterocycles. The van der Waals surface area contributed by atoms with Gasteiger partial charge in [0.2, 0.25) is 13.4 Å². The summed E-state index contributed by atoms with van der Waals surface area (Å²) in [6, 6.07) is 60.5. The molecule has 0 amide bonds. The zero-order valence-electron chi connectivity index (χ0n) is 51.4. The van der Waals surface area contributed by atoms with Crippen LogP contribution in [-0.4, -0.2) is 22.6 Å². The van der Waals surface area contributed by atoms with Gasteiger partial charge in [0, 0.05) is 44.3 Å². The normalized spacial score (nSPS) is 13.7. The lowest BCUT2D eigenvalue weighted by Gasteiger charge is -2.45. The SMILES string of the molecule is Cc1cc(C)c(B2c3cc(C(C)(C)C)ccc3N3c4ccc(C(C)(C)C)cc4B(c4c(C)cc(C)cc4C)c4cc(-n5c6ccccc6c6cccc(-n7c8ccc(C(C)(C)C)cc8c8cc(C(C)(C)C)ccc87)c65)cc2c43)c(C)c1. The van der Waals surface area contributed by atoms with Crippen molar-refractivity contribution in [2.45, 2.75) is 146 Å². The van der Waals surface area contributed by atoms with Crippen molar-refractivity contribution in [3.8, 4) is 11.4 Å². The monoisotopic (exact) mass is 1060 g/mol. The standard InChI is InChI=1S/C76H79B2N3/c1-44-34-46(3)69(47(4)35-44)77-59-40-52(75(13,14)15)28-32-66(59)81-67-33-29-53(76(16,17)18)41-60(67)78(70-48(5)36-45(2)37-49(70)6)62-43-54(42-61(77)72(62)81)79-63-24-20-19-22-55(63)56-23-21-25-68(71(56)79)80-64-30-26-50(73(7,8)9)38-57(64)58-39-51(74(10,11)12)27-31-65(58)80/h19-43H,1-18H3. The van der Waals surface area contributed by atoms with Crippen LogP contribution in [0.25, 0.3) is 55.0 Å². The Bertz CT molecular complexity index is 4210. The van der Waals surface area contributed by atoms with E-state index < -0.39 is 0 Å². The van der Waals surface area contributed by atoms with Crippen LogP contribution >= 0.6 is 0 Å². The molecule has 0 spiro atoms. The molecule has 2 aliphatic heterocycles. The predicted octanol–water partition coefficient (Wildman–Crippen LogP) is 16.1. The van der Waals surface area contributed by atoms with Crippen molar-refractivity contribution < 1.29 is 0 Å². The summed E-state index contributed by atoms with van der Waals surface area (Å²) >= 11 is 0. The summed E-state index contributed by atoms with van der Waals surface area (Å²) in [5.41, 5.74) is 32.4. The van der Waals surface area contributed by atoms with E-state index in [9.17, 15) is 0 Å². The van der Waals surface area contributed by atoms with Crippen LogP contribution in [0.5, 0.6) is 0 Å². The summed E-state index contributed by atoms with van der Waals surface area (Å²) in [7, 11) is 0. The van der Waals surface area contributed by atoms with Gasteiger partial charge < -0.3 is 14.0 Å². The average Bonchev–Trinajstić information content (AvgIpc) is 3.61. The second-order valence-corrected chi connectivity index (χ2v) is 28.7. The van der Waals surface area contributed by atoms with Crippen LogP contribution in [0.15, 0.2) is 152 Å². The number of nitrogens with zero attached hydrogens (tertiary/aromatic N) is 3. The first-order valence-electron chi connectivity index (χ1n) is 29.7. The van der Waals surface area contributed by atoms with Crippen molar-refractivity contribution in [2.75, 3.05) is 4.90 Å². The first kappa shape index (κ1) is 52.9. The average molecular weight is 1060 g/mol. The fourth-order valence-electron chi connectivity index (χ4n) is 14.7. The first-order valence-corrected chi connectivity index (χ1v) is 29.7. The fourth-order valence-corrected chi connectivity index (χ4v) is 14.7. The number of aromatic nitrogens is 2. The number of rotatable bonds is 4. The van der Waals surface area contributed by atoms with Gasteiger partial charge in [-0.3, -0.25) is 0 Å². The molecule has 0 aliphatic carbocycles. The van der Waals surface area contributed by atoms with Crippen LogP contribution in [0.1, 0.15) is 139 Å². The number of anilines is 3. The quantitative estimate of drug-likeness (QED) is 0.160. The summed E-state index contributed by atoms with van der Waals surface area (Å²) in [6.07, 6.45) is 0. The van der Waals surface area contributed by atoms with Gasteiger partial charge in [-0.25, -0.2) is 0 Å². The lowest BCUT2D eigenvalue weighted by Crippen LogP contribution is -2.66. The lowest BCUT2D eigenvalue weighted by molar-refractivity contribution is 0.590. The Balaban J connectivity index is 1.22. The van der Waals surface area contributed by atoms with E-state index in [1.807, 2.05) is 0 Å². The Labute approximate surface area is 483 Å². The third-order valence-electron chi connectivity index (χ3n) is 18.6. The molecule has 9 aromatic carbocycles. The minimum Gasteiger partial charge on any atom is -0.313 e. The molecular weight excluding hydrogens is 976 g/mol. The van der Waals surface area contributed by atoms with Gasteiger partial charge in [-0.15, -0.1) is 0 Å². The van der Waals surface area contributed by atoms with Crippen molar-refractivity contribution in [1.82, 2.24) is 9.13 Å². The number of aryl methyl sites for hydroxylation is 6. The third kappa shape index (κ3) is 8.21. The molecule has 81 heavy (non-hydrogen) atoms. The molecule has 2 aliphatic rings. The van der Waals surface area contributed by atoms with Gasteiger partial charge in [0.25, 0.3) is 0 Å². The zero-order valence-corrected chi connectivity index (χ0v) is 51.4. The maximum atomic E-state index is 2.69. The van der Waals surface area contributed by atoms with Crippen LogP contribution < -0.4 is 37.7 Å². The highest BCUT2D eigenvalue weighted by Crippen LogP contribution is 2.45. The van der Waals surface area contributed by atoms with Gasteiger partial charge in [0.1, 0.15) is 0 Å². The van der Waals surface area contributed by atoms with E-state index in [-0.39, 0.29) is 35.1 Å². The van der Waals surface area contributed by atoms with E-state index >= 15 is 0 Å². The minimum atomic E-state index is -0.0634. The molecule has 3 nitrogen and oxygen atoms in total. The van der Waals surface area contributed by atoms with Crippen molar-refractivity contribution >= 4 is 107 Å². The van der Waals surface area contributed by atoms with Crippen LogP contribution in [0.4, 0.5) is 17.1 Å². The van der Waals surface area contributed by atoms with Crippen molar-refractivity contribution in [3.05, 3.63) is 207 Å². The van der Waals surface area contributed by atoms with Crippen molar-refractivity contribution in [3.63, 3.8) is 0 Å². The van der Waals surface area contributed by atoms with E-state index in [0.29, 0.717) is 0 Å². The second kappa shape index (κ2) is 18.0. The Hall–Kier alpha value is -7.49. The van der Waals surface area contributed by atoms with E-state index in [4.69, 9.17) is 0 Å². The van der Waals surface area contributed by atoms with E-state index in [1.165, 1.54) is 160 Å². The molecule has 0 saturated heterocycles. The fraction of sp³-hybridized carbons (Fsp3) is 0.289. The molecule has 0 fully saturated rings. The highest BCUT2D eigenvalue weighted by Gasteiger charge is 2.46. The van der Waals surface area contributed by atoms with Gasteiger partial charge in [0.05, 0.1) is 27.8 Å². The van der Waals surface area contributed by atoms with E-state index in [0.717, 1.165) is 0 Å². The number of para-hydroxylation sites is 2. The highest BCUT2D eigenvalue weighted by atomic mass is 15.2. The molecule has 13 rings (SSSR count). The van der Waals surface area contributed by atoms with Gasteiger partial charge in [-0.1, -0.05) is 218 Å². The molecule has 0 atom stereocenters. The molecule has 4 heterocycles. The van der Waals surface area contributed by atoms with E-state index in [1.54, 1.807) is 0 Å². The number of hydrogen-bond acceptors (Lipinski definition) is 1. The molecule has 0 N–H and O–H groups in total. The maximum absolute atomic E-state index is 2.69. The molecule has 0 saturated carbocycles. The molecule has 404 valence electrons. The number of benzene rings is 9. The minimum absolute atomic E-state index is 0.0102.